The average molecular weight is 329 g/mol. The normalized spacial score (nSPS) is 12.7. The van der Waals surface area contributed by atoms with Crippen molar-refractivity contribution in [3.8, 4) is 21.1 Å². The molecule has 0 aliphatic carbocycles. The quantitative estimate of drug-likeness (QED) is 0.775. The monoisotopic (exact) mass is 329 g/mol. The zero-order valence-electron chi connectivity index (χ0n) is 13.4. The third kappa shape index (κ3) is 3.34. The van der Waals surface area contributed by atoms with Gasteiger partial charge in [-0.05, 0) is 50.3 Å². The van der Waals surface area contributed by atoms with Crippen LogP contribution in [0, 0.1) is 0 Å². The number of hydrogen-bond acceptors (Lipinski definition) is 6. The Morgan fingerprint density at radius 2 is 2.00 bits per heavy atom. The molecule has 0 amide bonds. The van der Waals surface area contributed by atoms with Gasteiger partial charge in [0.15, 0.2) is 0 Å². The summed E-state index contributed by atoms with van der Waals surface area (Å²) in [6.07, 6.45) is 0. The van der Waals surface area contributed by atoms with Crippen LogP contribution in [0.1, 0.15) is 24.4 Å². The summed E-state index contributed by atoms with van der Waals surface area (Å²) in [5, 5.41) is 13.3. The summed E-state index contributed by atoms with van der Waals surface area (Å²) in [6, 6.07) is 12.0. The van der Waals surface area contributed by atoms with E-state index in [1.54, 1.807) is 11.3 Å². The zero-order valence-corrected chi connectivity index (χ0v) is 14.2. The van der Waals surface area contributed by atoms with Crippen molar-refractivity contribution in [2.24, 2.45) is 0 Å². The predicted molar refractivity (Wildman–Crippen MR) is 91.1 cm³/mol. The molecule has 120 valence electrons. The summed E-state index contributed by atoms with van der Waals surface area (Å²) in [4.78, 5) is 8.60. The van der Waals surface area contributed by atoms with Gasteiger partial charge in [0, 0.05) is 4.88 Å². The van der Waals surface area contributed by atoms with E-state index < -0.39 is 0 Å². The smallest absolute Gasteiger partial charge is 0.244 e. The van der Waals surface area contributed by atoms with Crippen molar-refractivity contribution in [1.29, 1.82) is 0 Å². The molecule has 3 rings (SSSR count). The minimum atomic E-state index is 0.0443. The Morgan fingerprint density at radius 1 is 1.22 bits per heavy atom. The number of rotatable bonds is 5. The van der Waals surface area contributed by atoms with Crippen molar-refractivity contribution in [3.05, 3.63) is 47.9 Å². The minimum Gasteiger partial charge on any atom is -0.392 e. The van der Waals surface area contributed by atoms with E-state index in [1.165, 1.54) is 0 Å². The standard InChI is InChI=1S/C17H19N3O2S/c1-11(20(2)3)17-18-16(19-22-17)15-8-7-14(23-15)13-6-4-5-12(9-13)10-21/h4-9,11,21H,10H2,1-3H3/t11-/m0/s1. The van der Waals surface area contributed by atoms with Crippen LogP contribution in [0.25, 0.3) is 21.1 Å². The fourth-order valence-corrected chi connectivity index (χ4v) is 3.09. The van der Waals surface area contributed by atoms with Gasteiger partial charge in [0.25, 0.3) is 0 Å². The first-order valence-electron chi connectivity index (χ1n) is 7.39. The molecule has 5 nitrogen and oxygen atoms in total. The first kappa shape index (κ1) is 15.9. The number of nitrogens with zero attached hydrogens (tertiary/aromatic N) is 3. The van der Waals surface area contributed by atoms with Gasteiger partial charge < -0.3 is 9.63 Å². The van der Waals surface area contributed by atoms with E-state index in [-0.39, 0.29) is 12.6 Å². The molecule has 0 saturated carbocycles. The number of aliphatic hydroxyl groups is 1. The predicted octanol–water partition coefficient (Wildman–Crippen LogP) is 3.58. The van der Waals surface area contributed by atoms with Crippen molar-refractivity contribution in [2.75, 3.05) is 14.1 Å². The molecule has 0 unspecified atom stereocenters. The lowest BCUT2D eigenvalue weighted by atomic mass is 10.1. The highest BCUT2D eigenvalue weighted by molar-refractivity contribution is 7.18. The van der Waals surface area contributed by atoms with Crippen LogP contribution in [0.2, 0.25) is 0 Å². The van der Waals surface area contributed by atoms with Crippen LogP contribution < -0.4 is 0 Å². The number of aromatic nitrogens is 2. The second-order valence-corrected chi connectivity index (χ2v) is 6.70. The first-order chi connectivity index (χ1) is 11.1. The van der Waals surface area contributed by atoms with Crippen LogP contribution >= 0.6 is 11.3 Å². The van der Waals surface area contributed by atoms with Crippen molar-refractivity contribution in [2.45, 2.75) is 19.6 Å². The molecule has 0 radical (unpaired) electrons. The van der Waals surface area contributed by atoms with Gasteiger partial charge in [0.05, 0.1) is 17.5 Å². The summed E-state index contributed by atoms with van der Waals surface area (Å²) in [7, 11) is 3.96. The molecule has 1 N–H and O–H groups in total. The van der Waals surface area contributed by atoms with Crippen LogP contribution in [0.5, 0.6) is 0 Å². The van der Waals surface area contributed by atoms with Crippen LogP contribution in [0.4, 0.5) is 0 Å². The van der Waals surface area contributed by atoms with E-state index in [9.17, 15) is 5.11 Å². The molecule has 0 fully saturated rings. The van der Waals surface area contributed by atoms with Crippen molar-refractivity contribution in [1.82, 2.24) is 15.0 Å². The molecule has 0 bridgehead atoms. The zero-order chi connectivity index (χ0) is 16.4. The topological polar surface area (TPSA) is 62.4 Å². The van der Waals surface area contributed by atoms with Gasteiger partial charge in [0.1, 0.15) is 0 Å². The maximum absolute atomic E-state index is 9.26. The fourth-order valence-electron chi connectivity index (χ4n) is 2.16. The maximum atomic E-state index is 9.26. The molecule has 0 aliphatic heterocycles. The summed E-state index contributed by atoms with van der Waals surface area (Å²) >= 11 is 1.61. The van der Waals surface area contributed by atoms with Crippen LogP contribution in [0.3, 0.4) is 0 Å². The fraction of sp³-hybridized carbons (Fsp3) is 0.294. The van der Waals surface area contributed by atoms with Gasteiger partial charge in [0.2, 0.25) is 11.7 Å². The molecule has 1 atom stereocenters. The number of hydrogen-bond donors (Lipinski definition) is 1. The molecular weight excluding hydrogens is 310 g/mol. The van der Waals surface area contributed by atoms with Crippen LogP contribution in [0.15, 0.2) is 40.9 Å². The highest BCUT2D eigenvalue weighted by Gasteiger charge is 2.18. The average Bonchev–Trinajstić information content (AvgIpc) is 3.23. The van der Waals surface area contributed by atoms with E-state index in [2.05, 4.69) is 10.1 Å². The molecule has 0 aliphatic rings. The number of aliphatic hydroxyl groups excluding tert-OH is 1. The minimum absolute atomic E-state index is 0.0443. The van der Waals surface area contributed by atoms with Gasteiger partial charge in [-0.25, -0.2) is 0 Å². The highest BCUT2D eigenvalue weighted by atomic mass is 32.1. The SMILES string of the molecule is C[C@@H](c1nc(-c2ccc(-c3cccc(CO)c3)s2)no1)N(C)C. The molecule has 3 aromatic rings. The van der Waals surface area contributed by atoms with E-state index in [4.69, 9.17) is 4.52 Å². The van der Waals surface area contributed by atoms with Gasteiger partial charge in [-0.15, -0.1) is 11.3 Å². The summed E-state index contributed by atoms with van der Waals surface area (Å²) in [6.45, 7) is 2.07. The third-order valence-electron chi connectivity index (χ3n) is 3.79. The second-order valence-electron chi connectivity index (χ2n) is 5.62. The van der Waals surface area contributed by atoms with E-state index in [0.29, 0.717) is 11.7 Å². The number of benzene rings is 1. The Balaban J connectivity index is 1.87. The molecule has 2 heterocycles. The van der Waals surface area contributed by atoms with Gasteiger partial charge in [-0.3, -0.25) is 4.90 Å². The lowest BCUT2D eigenvalue weighted by molar-refractivity contribution is 0.245. The molecule has 0 spiro atoms. The molecule has 0 saturated heterocycles. The lowest BCUT2D eigenvalue weighted by Crippen LogP contribution is -2.16. The second kappa shape index (κ2) is 6.62. The summed E-state index contributed by atoms with van der Waals surface area (Å²) in [5.74, 6) is 1.23. The van der Waals surface area contributed by atoms with Crippen LogP contribution in [-0.2, 0) is 6.61 Å². The van der Waals surface area contributed by atoms with Gasteiger partial charge in [-0.2, -0.15) is 4.98 Å². The Bertz CT molecular complexity index is 794. The maximum Gasteiger partial charge on any atom is 0.244 e. The largest absolute Gasteiger partial charge is 0.392 e. The van der Waals surface area contributed by atoms with E-state index in [0.717, 1.165) is 20.9 Å². The number of thiophene rings is 1. The Labute approximate surface area is 139 Å². The molecular formula is C17H19N3O2S. The summed E-state index contributed by atoms with van der Waals surface area (Å²) < 4.78 is 5.36. The Hall–Kier alpha value is -2.02. The van der Waals surface area contributed by atoms with Crippen molar-refractivity contribution in [3.63, 3.8) is 0 Å². The Morgan fingerprint density at radius 3 is 2.74 bits per heavy atom. The molecule has 23 heavy (non-hydrogen) atoms. The molecule has 1 aromatic carbocycles. The van der Waals surface area contributed by atoms with Gasteiger partial charge >= 0.3 is 0 Å². The molecule has 2 aromatic heterocycles. The summed E-state index contributed by atoms with van der Waals surface area (Å²) in [5.41, 5.74) is 1.98. The van der Waals surface area contributed by atoms with Crippen LogP contribution in [-0.4, -0.2) is 34.2 Å². The first-order valence-corrected chi connectivity index (χ1v) is 8.20. The van der Waals surface area contributed by atoms with E-state index in [1.807, 2.05) is 62.3 Å². The lowest BCUT2D eigenvalue weighted by Gasteiger charge is -2.14. The van der Waals surface area contributed by atoms with E-state index >= 15 is 0 Å². The Kier molecular flexibility index (Phi) is 4.56. The van der Waals surface area contributed by atoms with Crippen molar-refractivity contribution < 1.29 is 9.63 Å². The van der Waals surface area contributed by atoms with Gasteiger partial charge in [-0.1, -0.05) is 23.4 Å². The molecule has 6 heteroatoms. The van der Waals surface area contributed by atoms with Crippen molar-refractivity contribution >= 4 is 11.3 Å². The third-order valence-corrected chi connectivity index (χ3v) is 4.92. The highest BCUT2D eigenvalue weighted by Crippen LogP contribution is 2.34.